The van der Waals surface area contributed by atoms with Crippen LogP contribution in [0.5, 0.6) is 0 Å². The molecule has 282 valence electrons. The zero-order valence-electron chi connectivity index (χ0n) is 33.9. The molecule has 0 saturated carbocycles. The van der Waals surface area contributed by atoms with E-state index in [9.17, 15) is 9.59 Å². The molecule has 4 unspecified atom stereocenters. The summed E-state index contributed by atoms with van der Waals surface area (Å²) in [6.45, 7) is 34.4. The average Bonchev–Trinajstić information content (AvgIpc) is 3.41. The molecule has 0 aromatic heterocycles. The van der Waals surface area contributed by atoms with Crippen molar-refractivity contribution >= 4 is 11.9 Å². The number of allylic oxidation sites excluding steroid dienone is 2. The number of hydrogen-bond donors (Lipinski definition) is 0. The molecule has 4 aliphatic heterocycles. The average molecular weight is 690 g/mol. The van der Waals surface area contributed by atoms with Crippen molar-refractivity contribution in [2.45, 2.75) is 189 Å². The molecule has 0 radical (unpaired) electrons. The molecule has 9 nitrogen and oxygen atoms in total. The van der Waals surface area contributed by atoms with Crippen LogP contribution in [0.2, 0.25) is 0 Å². The predicted molar refractivity (Wildman–Crippen MR) is 194 cm³/mol. The van der Waals surface area contributed by atoms with Crippen LogP contribution in [-0.4, -0.2) is 93.3 Å². The summed E-state index contributed by atoms with van der Waals surface area (Å²) in [5, 5.41) is 2.12. The van der Waals surface area contributed by atoms with E-state index in [1.165, 1.54) is 5.57 Å². The third kappa shape index (κ3) is 8.76. The molecule has 0 aromatic rings. The lowest BCUT2D eigenvalue weighted by molar-refractivity contribution is -0.306. The van der Waals surface area contributed by atoms with Crippen molar-refractivity contribution < 1.29 is 28.6 Å². The van der Waals surface area contributed by atoms with E-state index in [1.54, 1.807) is 0 Å². The molecule has 4 fully saturated rings. The van der Waals surface area contributed by atoms with E-state index < -0.39 is 16.7 Å². The fourth-order valence-corrected chi connectivity index (χ4v) is 9.71. The van der Waals surface area contributed by atoms with Gasteiger partial charge in [-0.3, -0.25) is 19.3 Å². The van der Waals surface area contributed by atoms with Gasteiger partial charge in [-0.1, -0.05) is 45.8 Å². The Morgan fingerprint density at radius 3 is 2.18 bits per heavy atom. The van der Waals surface area contributed by atoms with Gasteiger partial charge in [-0.15, -0.1) is 0 Å². The van der Waals surface area contributed by atoms with Crippen molar-refractivity contribution in [1.29, 1.82) is 0 Å². The topological polar surface area (TPSA) is 80.8 Å². The Kier molecular flexibility index (Phi) is 11.3. The first kappa shape index (κ1) is 40.3. The normalized spacial score (nSPS) is 30.3. The number of carbonyl (C=O) groups is 2. The third-order valence-corrected chi connectivity index (χ3v) is 11.6. The first-order chi connectivity index (χ1) is 22.3. The molecule has 0 aliphatic carbocycles. The van der Waals surface area contributed by atoms with Gasteiger partial charge in [0, 0.05) is 48.8 Å². The number of ether oxygens (including phenoxy) is 3. The van der Waals surface area contributed by atoms with Gasteiger partial charge >= 0.3 is 5.97 Å². The minimum absolute atomic E-state index is 0.0187. The zero-order chi connectivity index (χ0) is 37.0. The number of rotatable bonds is 12. The van der Waals surface area contributed by atoms with Crippen molar-refractivity contribution in [2.75, 3.05) is 26.4 Å². The summed E-state index contributed by atoms with van der Waals surface area (Å²) >= 11 is 0. The van der Waals surface area contributed by atoms with E-state index in [0.717, 1.165) is 25.7 Å². The summed E-state index contributed by atoms with van der Waals surface area (Å²) in [4.78, 5) is 38.6. The molecule has 0 bridgehead atoms. The highest BCUT2D eigenvalue weighted by atomic mass is 16.7. The summed E-state index contributed by atoms with van der Waals surface area (Å²) in [7, 11) is 0. The fourth-order valence-electron chi connectivity index (χ4n) is 9.71. The number of nitrogens with zero attached hydrogens (tertiary/aromatic N) is 3. The van der Waals surface area contributed by atoms with Gasteiger partial charge in [-0.25, -0.2) is 0 Å². The van der Waals surface area contributed by atoms with Crippen LogP contribution in [0.15, 0.2) is 11.6 Å². The van der Waals surface area contributed by atoms with Crippen LogP contribution in [-0.2, 0) is 28.6 Å². The quantitative estimate of drug-likeness (QED) is 0.151. The number of carbonyl (C=O) groups excluding carboxylic acids is 2. The van der Waals surface area contributed by atoms with Gasteiger partial charge in [0.2, 0.25) is 0 Å². The van der Waals surface area contributed by atoms with Gasteiger partial charge in [0.15, 0.2) is 5.60 Å². The molecule has 0 N–H and O–H groups in total. The molecule has 4 saturated heterocycles. The monoisotopic (exact) mass is 690 g/mol. The van der Waals surface area contributed by atoms with Gasteiger partial charge in [-0.05, 0) is 100 Å². The van der Waals surface area contributed by atoms with E-state index in [1.807, 2.05) is 18.7 Å². The molecule has 9 heteroatoms. The second-order valence-corrected chi connectivity index (χ2v) is 19.9. The summed E-state index contributed by atoms with van der Waals surface area (Å²) in [6, 6.07) is 0. The maximum Gasteiger partial charge on any atom is 0.311 e. The molecule has 4 aliphatic rings. The first-order valence-electron chi connectivity index (χ1n) is 18.9. The van der Waals surface area contributed by atoms with Crippen LogP contribution in [0.3, 0.4) is 0 Å². The number of amides is 1. The number of esters is 1. The minimum Gasteiger partial charge on any atom is -0.462 e. The largest absolute Gasteiger partial charge is 0.462 e. The number of piperidine rings is 2. The smallest absolute Gasteiger partial charge is 0.311 e. The van der Waals surface area contributed by atoms with Crippen LogP contribution in [0.4, 0.5) is 0 Å². The van der Waals surface area contributed by atoms with Gasteiger partial charge in [0.05, 0.1) is 24.7 Å². The Labute approximate surface area is 298 Å². The van der Waals surface area contributed by atoms with E-state index >= 15 is 0 Å². The maximum absolute atomic E-state index is 14.2. The highest BCUT2D eigenvalue weighted by Gasteiger charge is 2.62. The Balaban J connectivity index is 1.40. The van der Waals surface area contributed by atoms with Crippen LogP contribution >= 0.6 is 0 Å². The lowest BCUT2D eigenvalue weighted by Crippen LogP contribution is -2.67. The molecule has 49 heavy (non-hydrogen) atoms. The fraction of sp³-hybridized carbons (Fsp3) is 0.900. The number of hydrogen-bond acceptors (Lipinski definition) is 8. The third-order valence-electron chi connectivity index (χ3n) is 11.6. The number of hydroxylamine groups is 2. The summed E-state index contributed by atoms with van der Waals surface area (Å²) in [5.74, 6) is 0.372. The highest BCUT2D eigenvalue weighted by molar-refractivity contribution is 5.87. The van der Waals surface area contributed by atoms with E-state index in [4.69, 9.17) is 19.0 Å². The molecular formula is C40H71N3O6. The van der Waals surface area contributed by atoms with Gasteiger partial charge in [0.25, 0.3) is 5.91 Å². The number of fused-ring (bicyclic) bond motifs is 1. The second-order valence-electron chi connectivity index (χ2n) is 19.9. The van der Waals surface area contributed by atoms with Crippen molar-refractivity contribution in [1.82, 2.24) is 14.9 Å². The Morgan fingerprint density at radius 1 is 1.00 bits per heavy atom. The first-order valence-corrected chi connectivity index (χ1v) is 18.9. The maximum atomic E-state index is 14.2. The van der Waals surface area contributed by atoms with Crippen molar-refractivity contribution in [3.05, 3.63) is 11.6 Å². The van der Waals surface area contributed by atoms with E-state index in [2.05, 4.69) is 106 Å². The molecule has 1 amide bonds. The van der Waals surface area contributed by atoms with Gasteiger partial charge < -0.3 is 19.1 Å². The van der Waals surface area contributed by atoms with Crippen molar-refractivity contribution in [3.63, 3.8) is 0 Å². The Hall–Kier alpha value is -1.52. The Bertz CT molecular complexity index is 1230. The standard InChI is InChI=1S/C40H71N3O6/c1-16-29(4)23-47-43-37(11,12)25-40(26-38(43,13)14)32(44)41(27-46-40)21-31-22-42-36(9,10)19-30(20-39(42,15)49-31)48-33(45)35(7,8)24-34(5,6)18-17-28(2)3/h17,29-31H,16,18-27H2,1-15H3. The summed E-state index contributed by atoms with van der Waals surface area (Å²) in [5.41, 5.74) is -1.83. The van der Waals surface area contributed by atoms with Gasteiger partial charge in [-0.2, -0.15) is 5.06 Å². The van der Waals surface area contributed by atoms with Gasteiger partial charge in [0.1, 0.15) is 18.6 Å². The van der Waals surface area contributed by atoms with E-state index in [0.29, 0.717) is 44.9 Å². The molecular weight excluding hydrogens is 618 g/mol. The molecule has 4 atom stereocenters. The van der Waals surface area contributed by atoms with E-state index in [-0.39, 0.29) is 52.8 Å². The minimum atomic E-state index is -0.885. The van der Waals surface area contributed by atoms with Crippen LogP contribution in [0, 0.1) is 16.7 Å². The van der Waals surface area contributed by atoms with Crippen LogP contribution < -0.4 is 0 Å². The summed E-state index contributed by atoms with van der Waals surface area (Å²) < 4.78 is 19.6. The van der Waals surface area contributed by atoms with Crippen LogP contribution in [0.25, 0.3) is 0 Å². The molecule has 4 heterocycles. The zero-order valence-corrected chi connectivity index (χ0v) is 33.9. The Morgan fingerprint density at radius 2 is 1.61 bits per heavy atom. The molecule has 0 aromatic carbocycles. The van der Waals surface area contributed by atoms with Crippen molar-refractivity contribution in [2.24, 2.45) is 16.7 Å². The lowest BCUT2D eigenvalue weighted by atomic mass is 9.72. The molecule has 4 rings (SSSR count). The van der Waals surface area contributed by atoms with Crippen LogP contribution in [0.1, 0.15) is 149 Å². The SMILES string of the molecule is CCC(C)CON1C(C)(C)CC2(CC1(C)C)OCN(CC1CN3C(C)(C)CC(OC(=O)C(C)(C)CC(C)(C)CC=C(C)C)CC3(C)O1)C2=O. The predicted octanol–water partition coefficient (Wildman–Crippen LogP) is 7.87. The lowest BCUT2D eigenvalue weighted by Gasteiger charge is -2.56. The highest BCUT2D eigenvalue weighted by Crippen LogP contribution is 2.50. The van der Waals surface area contributed by atoms with Crippen molar-refractivity contribution in [3.8, 4) is 0 Å². The molecule has 1 spiro atoms. The second kappa shape index (κ2) is 13.8. The summed E-state index contributed by atoms with van der Waals surface area (Å²) in [6.07, 6.45) is 7.03.